The highest BCUT2D eigenvalue weighted by molar-refractivity contribution is 5.76. The third kappa shape index (κ3) is 2.48. The van der Waals surface area contributed by atoms with Crippen LogP contribution in [0.3, 0.4) is 0 Å². The number of hydrogen-bond donors (Lipinski definition) is 1. The van der Waals surface area contributed by atoms with E-state index in [9.17, 15) is 18.3 Å². The second-order valence-electron chi connectivity index (χ2n) is 4.82. The number of imidazole rings is 1. The molecule has 2 rings (SSSR count). The highest BCUT2D eigenvalue weighted by Gasteiger charge is 2.38. The van der Waals surface area contributed by atoms with Crippen molar-refractivity contribution in [2.45, 2.75) is 32.2 Å². The van der Waals surface area contributed by atoms with Gasteiger partial charge in [-0.05, 0) is 26.0 Å². The van der Waals surface area contributed by atoms with Crippen LogP contribution in [0.4, 0.5) is 13.2 Å². The Morgan fingerprint density at radius 1 is 1.22 bits per heavy atom. The number of aliphatic hydroxyl groups is 1. The molecular formula is C12H13F3N2O. The Labute approximate surface area is 102 Å². The number of alkyl halides is 3. The first-order chi connectivity index (χ1) is 8.18. The Balaban J connectivity index is 2.66. The summed E-state index contributed by atoms with van der Waals surface area (Å²) < 4.78 is 39.7. The Kier molecular flexibility index (Phi) is 2.85. The van der Waals surface area contributed by atoms with E-state index in [1.54, 1.807) is 18.2 Å². The molecule has 0 saturated carbocycles. The number of hydrogen-bond acceptors (Lipinski definition) is 2. The largest absolute Gasteiger partial charge is 0.449 e. The molecule has 0 spiro atoms. The lowest BCUT2D eigenvalue weighted by atomic mass is 10.1. The van der Waals surface area contributed by atoms with Gasteiger partial charge in [0, 0.05) is 0 Å². The van der Waals surface area contributed by atoms with E-state index >= 15 is 0 Å². The lowest BCUT2D eigenvalue weighted by Gasteiger charge is -2.20. The van der Waals surface area contributed by atoms with Gasteiger partial charge in [-0.15, -0.1) is 0 Å². The molecule has 0 atom stereocenters. The van der Waals surface area contributed by atoms with Gasteiger partial charge < -0.3 is 9.67 Å². The standard InChI is InChI=1S/C12H13F3N2O/c1-11(2,18)7-17-9-6-4-3-5-8(9)16-10(17)12(13,14)15/h3-6,18H,7H2,1-2H3. The molecule has 18 heavy (non-hydrogen) atoms. The Morgan fingerprint density at radius 2 is 1.83 bits per heavy atom. The maximum Gasteiger partial charge on any atom is 0.449 e. The summed E-state index contributed by atoms with van der Waals surface area (Å²) in [4.78, 5) is 3.59. The van der Waals surface area contributed by atoms with E-state index in [1.807, 2.05) is 0 Å². The highest BCUT2D eigenvalue weighted by atomic mass is 19.4. The maximum absolute atomic E-state index is 12.9. The van der Waals surface area contributed by atoms with Crippen LogP contribution in [0.2, 0.25) is 0 Å². The first-order valence-electron chi connectivity index (χ1n) is 5.43. The highest BCUT2D eigenvalue weighted by Crippen LogP contribution is 2.32. The van der Waals surface area contributed by atoms with Crippen LogP contribution in [0, 0.1) is 0 Å². The van der Waals surface area contributed by atoms with Crippen molar-refractivity contribution in [3.05, 3.63) is 30.1 Å². The van der Waals surface area contributed by atoms with Gasteiger partial charge in [0.25, 0.3) is 0 Å². The van der Waals surface area contributed by atoms with Crippen LogP contribution in [-0.4, -0.2) is 20.3 Å². The quantitative estimate of drug-likeness (QED) is 0.899. The predicted octanol–water partition coefficient (Wildman–Crippen LogP) is 2.83. The van der Waals surface area contributed by atoms with Crippen LogP contribution in [0.1, 0.15) is 19.7 Å². The molecule has 0 aliphatic heterocycles. The third-order valence-electron chi connectivity index (χ3n) is 2.45. The van der Waals surface area contributed by atoms with E-state index in [0.717, 1.165) is 4.57 Å². The first kappa shape index (κ1) is 12.9. The van der Waals surface area contributed by atoms with E-state index in [2.05, 4.69) is 4.98 Å². The number of para-hydroxylation sites is 2. The fraction of sp³-hybridized carbons (Fsp3) is 0.417. The molecule has 0 aliphatic carbocycles. The lowest BCUT2D eigenvalue weighted by Crippen LogP contribution is -2.29. The van der Waals surface area contributed by atoms with E-state index < -0.39 is 17.6 Å². The molecule has 0 bridgehead atoms. The zero-order valence-electron chi connectivity index (χ0n) is 9.99. The van der Waals surface area contributed by atoms with Crippen LogP contribution in [0.25, 0.3) is 11.0 Å². The Morgan fingerprint density at radius 3 is 2.39 bits per heavy atom. The van der Waals surface area contributed by atoms with Gasteiger partial charge in [0.2, 0.25) is 5.82 Å². The molecule has 1 heterocycles. The van der Waals surface area contributed by atoms with Crippen molar-refractivity contribution in [1.29, 1.82) is 0 Å². The monoisotopic (exact) mass is 258 g/mol. The molecule has 3 nitrogen and oxygen atoms in total. The Hall–Kier alpha value is -1.56. The number of aromatic nitrogens is 2. The van der Waals surface area contributed by atoms with Crippen molar-refractivity contribution in [2.24, 2.45) is 0 Å². The smallest absolute Gasteiger partial charge is 0.389 e. The van der Waals surface area contributed by atoms with Crippen molar-refractivity contribution in [3.63, 3.8) is 0 Å². The molecule has 1 aromatic heterocycles. The second kappa shape index (κ2) is 3.98. The second-order valence-corrected chi connectivity index (χ2v) is 4.82. The predicted molar refractivity (Wildman–Crippen MR) is 61.0 cm³/mol. The van der Waals surface area contributed by atoms with Gasteiger partial charge in [-0.1, -0.05) is 12.1 Å². The molecule has 0 radical (unpaired) electrons. The van der Waals surface area contributed by atoms with Crippen molar-refractivity contribution in [3.8, 4) is 0 Å². The molecule has 0 unspecified atom stereocenters. The minimum atomic E-state index is -4.54. The molecule has 6 heteroatoms. The fourth-order valence-electron chi connectivity index (χ4n) is 1.84. The molecule has 1 aromatic carbocycles. The zero-order chi connectivity index (χ0) is 13.6. The summed E-state index contributed by atoms with van der Waals surface area (Å²) in [6.45, 7) is 2.76. The summed E-state index contributed by atoms with van der Waals surface area (Å²) >= 11 is 0. The van der Waals surface area contributed by atoms with E-state index in [0.29, 0.717) is 5.52 Å². The van der Waals surface area contributed by atoms with E-state index in [4.69, 9.17) is 0 Å². The summed E-state index contributed by atoms with van der Waals surface area (Å²) in [5.41, 5.74) is -0.607. The lowest BCUT2D eigenvalue weighted by molar-refractivity contribution is -0.147. The van der Waals surface area contributed by atoms with Crippen molar-refractivity contribution in [2.75, 3.05) is 0 Å². The Bertz CT molecular complexity index is 567. The zero-order valence-corrected chi connectivity index (χ0v) is 9.99. The topological polar surface area (TPSA) is 38.0 Å². The number of halogens is 3. The van der Waals surface area contributed by atoms with Gasteiger partial charge in [-0.25, -0.2) is 4.98 Å². The molecule has 98 valence electrons. The minimum Gasteiger partial charge on any atom is -0.389 e. The van der Waals surface area contributed by atoms with Crippen molar-refractivity contribution in [1.82, 2.24) is 9.55 Å². The summed E-state index contributed by atoms with van der Waals surface area (Å²) in [5.74, 6) is -0.981. The summed E-state index contributed by atoms with van der Waals surface area (Å²) in [7, 11) is 0. The average Bonchev–Trinajstić information content (AvgIpc) is 2.55. The van der Waals surface area contributed by atoms with E-state index in [-0.39, 0.29) is 12.1 Å². The third-order valence-corrected chi connectivity index (χ3v) is 2.45. The van der Waals surface area contributed by atoms with Crippen LogP contribution in [0.15, 0.2) is 24.3 Å². The number of nitrogens with zero attached hydrogens (tertiary/aromatic N) is 2. The number of benzene rings is 1. The SMILES string of the molecule is CC(C)(O)Cn1c(C(F)(F)F)nc2ccccc21. The van der Waals surface area contributed by atoms with E-state index in [1.165, 1.54) is 19.9 Å². The average molecular weight is 258 g/mol. The van der Waals surface area contributed by atoms with Crippen LogP contribution < -0.4 is 0 Å². The molecule has 1 N–H and O–H groups in total. The molecule has 0 aliphatic rings. The van der Waals surface area contributed by atoms with Gasteiger partial charge in [-0.3, -0.25) is 0 Å². The normalized spacial score (nSPS) is 13.2. The van der Waals surface area contributed by atoms with Crippen LogP contribution in [-0.2, 0) is 12.7 Å². The summed E-state index contributed by atoms with van der Waals surface area (Å²) in [5, 5.41) is 9.72. The number of rotatable bonds is 2. The molecule has 0 saturated heterocycles. The van der Waals surface area contributed by atoms with Gasteiger partial charge >= 0.3 is 6.18 Å². The van der Waals surface area contributed by atoms with Crippen molar-refractivity contribution >= 4 is 11.0 Å². The first-order valence-corrected chi connectivity index (χ1v) is 5.43. The molecular weight excluding hydrogens is 245 g/mol. The minimum absolute atomic E-state index is 0.164. The van der Waals surface area contributed by atoms with Gasteiger partial charge in [0.05, 0.1) is 23.2 Å². The van der Waals surface area contributed by atoms with Crippen LogP contribution >= 0.6 is 0 Å². The molecule has 0 fully saturated rings. The summed E-state index contributed by atoms with van der Waals surface area (Å²) in [6.07, 6.45) is -4.54. The fourth-order valence-corrected chi connectivity index (χ4v) is 1.84. The number of fused-ring (bicyclic) bond motifs is 1. The van der Waals surface area contributed by atoms with Gasteiger partial charge in [0.1, 0.15) is 0 Å². The van der Waals surface area contributed by atoms with Gasteiger partial charge in [0.15, 0.2) is 0 Å². The van der Waals surface area contributed by atoms with Gasteiger partial charge in [-0.2, -0.15) is 13.2 Å². The molecule has 0 amide bonds. The maximum atomic E-state index is 12.9. The molecule has 2 aromatic rings. The van der Waals surface area contributed by atoms with Crippen LogP contribution in [0.5, 0.6) is 0 Å². The van der Waals surface area contributed by atoms with Crippen molar-refractivity contribution < 1.29 is 18.3 Å². The summed E-state index contributed by atoms with van der Waals surface area (Å²) in [6, 6.07) is 6.35.